The third kappa shape index (κ3) is 2.85. The van der Waals surface area contributed by atoms with Crippen molar-refractivity contribution in [3.63, 3.8) is 0 Å². The number of aromatic nitrogens is 2. The fourth-order valence-electron chi connectivity index (χ4n) is 3.34. The summed E-state index contributed by atoms with van der Waals surface area (Å²) in [6.45, 7) is 3.45. The van der Waals surface area contributed by atoms with Crippen molar-refractivity contribution in [3.05, 3.63) is 35.7 Å². The van der Waals surface area contributed by atoms with Crippen molar-refractivity contribution < 1.29 is 17.9 Å². The normalized spacial score (nSPS) is 24.7. The average Bonchev–Trinajstić information content (AvgIpc) is 3.15. The third-order valence-electron chi connectivity index (χ3n) is 5.26. The smallest absolute Gasteiger partial charge is 0.277 e. The number of amides is 1. The average molecular weight is 422 g/mol. The van der Waals surface area contributed by atoms with E-state index in [4.69, 9.17) is 10.5 Å². The highest BCUT2D eigenvalue weighted by molar-refractivity contribution is 7.93. The maximum Gasteiger partial charge on any atom is 0.277 e. The number of anilines is 1. The van der Waals surface area contributed by atoms with Gasteiger partial charge >= 0.3 is 0 Å². The standard InChI is InChI=1S/C17H19N5O4S2/c1-16(2)15(18)21-17(9-28(16,24)25)5-6-26-13-4-3-10(7-11(13)17)20-14(23)12-8-19-27-22-12/h3-4,7-8H,5-6,9H2,1-2H3,(H2,18,21)(H,20,23). The highest BCUT2D eigenvalue weighted by Crippen LogP contribution is 2.46. The van der Waals surface area contributed by atoms with E-state index in [1.165, 1.54) is 6.20 Å². The number of carbonyl (C=O) groups excluding carboxylic acids is 1. The fourth-order valence-corrected chi connectivity index (χ4v) is 5.47. The second kappa shape index (κ2) is 6.24. The summed E-state index contributed by atoms with van der Waals surface area (Å²) in [6, 6.07) is 5.07. The van der Waals surface area contributed by atoms with Gasteiger partial charge < -0.3 is 15.8 Å². The Morgan fingerprint density at radius 2 is 2.14 bits per heavy atom. The van der Waals surface area contributed by atoms with E-state index in [9.17, 15) is 13.2 Å². The number of hydrogen-bond acceptors (Lipinski definition) is 9. The first-order valence-electron chi connectivity index (χ1n) is 8.59. The van der Waals surface area contributed by atoms with E-state index in [-0.39, 0.29) is 17.3 Å². The molecule has 1 aromatic heterocycles. The largest absolute Gasteiger partial charge is 0.493 e. The molecule has 0 radical (unpaired) electrons. The van der Waals surface area contributed by atoms with Gasteiger partial charge in [0.05, 0.1) is 30.3 Å². The van der Waals surface area contributed by atoms with Gasteiger partial charge in [-0.2, -0.15) is 8.75 Å². The monoisotopic (exact) mass is 421 g/mol. The van der Waals surface area contributed by atoms with Crippen molar-refractivity contribution in [2.75, 3.05) is 17.7 Å². The second-order valence-corrected chi connectivity index (χ2v) is 10.4. The molecule has 0 aliphatic carbocycles. The number of carbonyl (C=O) groups is 1. The molecule has 148 valence electrons. The first-order chi connectivity index (χ1) is 13.1. The molecule has 11 heteroatoms. The molecule has 2 aliphatic heterocycles. The van der Waals surface area contributed by atoms with E-state index in [1.807, 2.05) is 0 Å². The lowest BCUT2D eigenvalue weighted by molar-refractivity contribution is 0.102. The first kappa shape index (κ1) is 18.8. The SMILES string of the molecule is CC1(C)C(N)=NC2(CCOc3ccc(NC(=O)c4cnsn4)cc32)CS1(=O)=O. The molecule has 9 nitrogen and oxygen atoms in total. The van der Waals surface area contributed by atoms with Gasteiger partial charge in [-0.05, 0) is 32.0 Å². The summed E-state index contributed by atoms with van der Waals surface area (Å²) in [5.41, 5.74) is 6.33. The van der Waals surface area contributed by atoms with Crippen molar-refractivity contribution in [1.82, 2.24) is 8.75 Å². The Balaban J connectivity index is 1.77. The van der Waals surface area contributed by atoms with Crippen molar-refractivity contribution in [1.29, 1.82) is 0 Å². The Morgan fingerprint density at radius 1 is 1.36 bits per heavy atom. The van der Waals surface area contributed by atoms with Crippen LogP contribution in [-0.2, 0) is 15.4 Å². The number of nitrogens with one attached hydrogen (secondary N) is 1. The van der Waals surface area contributed by atoms with Crippen LogP contribution < -0.4 is 15.8 Å². The minimum Gasteiger partial charge on any atom is -0.493 e. The van der Waals surface area contributed by atoms with Crippen molar-refractivity contribution in [3.8, 4) is 5.75 Å². The summed E-state index contributed by atoms with van der Waals surface area (Å²) < 4.78 is 38.1. The van der Waals surface area contributed by atoms with Crippen LogP contribution in [0.2, 0.25) is 0 Å². The number of sulfone groups is 1. The molecule has 2 aromatic rings. The predicted octanol–water partition coefficient (Wildman–Crippen LogP) is 1.33. The molecule has 1 amide bonds. The summed E-state index contributed by atoms with van der Waals surface area (Å²) in [5, 5.41) is 2.75. The lowest BCUT2D eigenvalue weighted by Gasteiger charge is -2.42. The van der Waals surface area contributed by atoms with Gasteiger partial charge in [-0.3, -0.25) is 9.79 Å². The maximum absolute atomic E-state index is 12.9. The Labute approximate surface area is 166 Å². The van der Waals surface area contributed by atoms with Gasteiger partial charge in [-0.15, -0.1) is 0 Å². The fraction of sp³-hybridized carbons (Fsp3) is 0.412. The van der Waals surface area contributed by atoms with Gasteiger partial charge in [0.15, 0.2) is 15.5 Å². The molecule has 1 spiro atoms. The zero-order valence-corrected chi connectivity index (χ0v) is 16.9. The number of amidine groups is 1. The van der Waals surface area contributed by atoms with Crippen LogP contribution in [0, 0.1) is 0 Å². The quantitative estimate of drug-likeness (QED) is 0.746. The number of nitrogens with two attached hydrogens (primary N) is 1. The summed E-state index contributed by atoms with van der Waals surface area (Å²) in [7, 11) is -3.55. The predicted molar refractivity (Wildman–Crippen MR) is 106 cm³/mol. The van der Waals surface area contributed by atoms with Crippen molar-refractivity contribution in [2.24, 2.45) is 10.7 Å². The van der Waals surface area contributed by atoms with Crippen LogP contribution >= 0.6 is 11.7 Å². The van der Waals surface area contributed by atoms with E-state index in [0.29, 0.717) is 30.0 Å². The molecule has 0 fully saturated rings. The van der Waals surface area contributed by atoms with E-state index in [0.717, 1.165) is 11.7 Å². The first-order valence-corrected chi connectivity index (χ1v) is 11.0. The summed E-state index contributed by atoms with van der Waals surface area (Å²) in [5.74, 6) is 0.0396. The van der Waals surface area contributed by atoms with E-state index < -0.39 is 26.0 Å². The molecule has 28 heavy (non-hydrogen) atoms. The molecular formula is C17H19N5O4S2. The Morgan fingerprint density at radius 3 is 2.82 bits per heavy atom. The highest BCUT2D eigenvalue weighted by Gasteiger charge is 2.52. The van der Waals surface area contributed by atoms with Gasteiger partial charge in [0.25, 0.3) is 5.91 Å². The van der Waals surface area contributed by atoms with Crippen LogP contribution in [-0.4, -0.2) is 46.0 Å². The maximum atomic E-state index is 12.9. The highest BCUT2D eigenvalue weighted by atomic mass is 32.2. The molecule has 1 atom stereocenters. The molecule has 0 bridgehead atoms. The molecule has 3 N–H and O–H groups in total. The molecule has 4 rings (SSSR count). The summed E-state index contributed by atoms with van der Waals surface area (Å²) in [4.78, 5) is 16.9. The zero-order valence-electron chi connectivity index (χ0n) is 15.3. The molecule has 1 unspecified atom stereocenters. The number of fused-ring (bicyclic) bond motifs is 2. The molecule has 2 aliphatic rings. The van der Waals surface area contributed by atoms with Gasteiger partial charge in [0, 0.05) is 17.7 Å². The zero-order chi connectivity index (χ0) is 20.2. The van der Waals surface area contributed by atoms with Crippen LogP contribution in [0.5, 0.6) is 5.75 Å². The number of rotatable bonds is 2. The minimum atomic E-state index is -3.55. The van der Waals surface area contributed by atoms with Crippen LogP contribution in [0.4, 0.5) is 5.69 Å². The van der Waals surface area contributed by atoms with Crippen LogP contribution in [0.3, 0.4) is 0 Å². The number of aliphatic imine (C=N–C) groups is 1. The van der Waals surface area contributed by atoms with Crippen LogP contribution in [0.1, 0.15) is 36.3 Å². The van der Waals surface area contributed by atoms with E-state index in [1.54, 1.807) is 32.0 Å². The molecule has 0 saturated carbocycles. The number of benzene rings is 1. The number of nitrogens with zero attached hydrogens (tertiary/aromatic N) is 3. The van der Waals surface area contributed by atoms with Crippen LogP contribution in [0.25, 0.3) is 0 Å². The summed E-state index contributed by atoms with van der Waals surface area (Å²) >= 11 is 0.939. The van der Waals surface area contributed by atoms with Crippen molar-refractivity contribution in [2.45, 2.75) is 30.6 Å². The molecular weight excluding hydrogens is 402 g/mol. The van der Waals surface area contributed by atoms with Crippen molar-refractivity contribution >= 4 is 39.0 Å². The minimum absolute atomic E-state index is 0.0783. The topological polar surface area (TPSA) is 137 Å². The van der Waals surface area contributed by atoms with E-state index >= 15 is 0 Å². The Bertz CT molecular complexity index is 1080. The Hall–Kier alpha value is -2.53. The molecule has 1 aromatic carbocycles. The van der Waals surface area contributed by atoms with Gasteiger partial charge in [-0.25, -0.2) is 8.42 Å². The lowest BCUT2D eigenvalue weighted by Crippen LogP contribution is -2.56. The van der Waals surface area contributed by atoms with Crippen LogP contribution in [0.15, 0.2) is 29.4 Å². The molecule has 0 saturated heterocycles. The lowest BCUT2D eigenvalue weighted by atomic mass is 9.85. The van der Waals surface area contributed by atoms with E-state index in [2.05, 4.69) is 19.1 Å². The Kier molecular flexibility index (Phi) is 4.19. The third-order valence-corrected chi connectivity index (χ3v) is 8.36. The van der Waals surface area contributed by atoms with Gasteiger partial charge in [0.2, 0.25) is 0 Å². The number of hydrogen-bond donors (Lipinski definition) is 2. The summed E-state index contributed by atoms with van der Waals surface area (Å²) in [6.07, 6.45) is 1.76. The number of ether oxygens (including phenoxy) is 1. The van der Waals surface area contributed by atoms with Gasteiger partial charge in [-0.1, -0.05) is 0 Å². The van der Waals surface area contributed by atoms with Gasteiger partial charge in [0.1, 0.15) is 21.9 Å². The second-order valence-electron chi connectivity index (χ2n) is 7.35. The molecule has 3 heterocycles.